The lowest BCUT2D eigenvalue weighted by molar-refractivity contribution is -0.134. The summed E-state index contributed by atoms with van der Waals surface area (Å²) in [6, 6.07) is 7.69. The number of ether oxygens (including phenoxy) is 2. The first-order valence-corrected chi connectivity index (χ1v) is 5.15. The summed E-state index contributed by atoms with van der Waals surface area (Å²) >= 11 is 0. The number of rotatable bonds is 3. The number of aromatic nitrogens is 1. The summed E-state index contributed by atoms with van der Waals surface area (Å²) in [4.78, 5) is 14.1. The number of carbonyl (C=O) groups is 1. The van der Waals surface area contributed by atoms with Crippen LogP contribution < -0.4 is 4.74 Å². The lowest BCUT2D eigenvalue weighted by Crippen LogP contribution is -1.93. The Balaban J connectivity index is 2.31. The SMILES string of the molecule is COC(=O)C=Cc1cc2cc(OC)ccc2[nH]1. The Morgan fingerprint density at radius 2 is 2.12 bits per heavy atom. The zero-order valence-corrected chi connectivity index (χ0v) is 9.69. The molecule has 0 radical (unpaired) electrons. The van der Waals surface area contributed by atoms with E-state index >= 15 is 0 Å². The summed E-state index contributed by atoms with van der Waals surface area (Å²) in [7, 11) is 2.98. The van der Waals surface area contributed by atoms with Gasteiger partial charge in [0.25, 0.3) is 0 Å². The van der Waals surface area contributed by atoms with Gasteiger partial charge < -0.3 is 14.5 Å². The third-order valence-electron chi connectivity index (χ3n) is 2.45. The molecule has 0 aliphatic carbocycles. The fourth-order valence-corrected chi connectivity index (χ4v) is 1.58. The molecule has 2 rings (SSSR count). The Morgan fingerprint density at radius 1 is 1.29 bits per heavy atom. The molecule has 17 heavy (non-hydrogen) atoms. The number of benzene rings is 1. The first-order chi connectivity index (χ1) is 8.22. The fraction of sp³-hybridized carbons (Fsp3) is 0.154. The number of hydrogen-bond donors (Lipinski definition) is 1. The maximum Gasteiger partial charge on any atom is 0.330 e. The minimum atomic E-state index is -0.374. The summed E-state index contributed by atoms with van der Waals surface area (Å²) in [5.74, 6) is 0.432. The number of hydrogen-bond acceptors (Lipinski definition) is 3. The third-order valence-corrected chi connectivity index (χ3v) is 2.45. The van der Waals surface area contributed by atoms with E-state index in [9.17, 15) is 4.79 Å². The van der Waals surface area contributed by atoms with Crippen molar-refractivity contribution in [1.82, 2.24) is 4.98 Å². The molecular formula is C13H13NO3. The summed E-state index contributed by atoms with van der Waals surface area (Å²) in [6.07, 6.45) is 3.06. The van der Waals surface area contributed by atoms with Crippen LogP contribution in [0.2, 0.25) is 0 Å². The molecule has 1 heterocycles. The van der Waals surface area contributed by atoms with E-state index < -0.39 is 0 Å². The molecule has 0 saturated carbocycles. The summed E-state index contributed by atoms with van der Waals surface area (Å²) < 4.78 is 9.66. The lowest BCUT2D eigenvalue weighted by atomic mass is 10.2. The highest BCUT2D eigenvalue weighted by Crippen LogP contribution is 2.21. The highest BCUT2D eigenvalue weighted by atomic mass is 16.5. The van der Waals surface area contributed by atoms with Gasteiger partial charge >= 0.3 is 5.97 Å². The molecule has 0 saturated heterocycles. The van der Waals surface area contributed by atoms with E-state index in [-0.39, 0.29) is 5.97 Å². The predicted molar refractivity (Wildman–Crippen MR) is 65.9 cm³/mol. The molecule has 0 unspecified atom stereocenters. The Kier molecular flexibility index (Phi) is 3.14. The maximum absolute atomic E-state index is 11.0. The van der Waals surface area contributed by atoms with Gasteiger partial charge in [-0.05, 0) is 30.3 Å². The number of aromatic amines is 1. The topological polar surface area (TPSA) is 51.3 Å². The molecule has 0 spiro atoms. The summed E-state index contributed by atoms with van der Waals surface area (Å²) in [5.41, 5.74) is 1.84. The van der Waals surface area contributed by atoms with Crippen molar-refractivity contribution in [3.63, 3.8) is 0 Å². The third kappa shape index (κ3) is 2.47. The Bertz CT molecular complexity index is 569. The average Bonchev–Trinajstić information content (AvgIpc) is 2.77. The van der Waals surface area contributed by atoms with Crippen LogP contribution in [0.4, 0.5) is 0 Å². The second kappa shape index (κ2) is 4.74. The highest BCUT2D eigenvalue weighted by molar-refractivity contribution is 5.89. The summed E-state index contributed by atoms with van der Waals surface area (Å²) in [6.45, 7) is 0. The first kappa shape index (κ1) is 11.3. The molecule has 1 aromatic carbocycles. The van der Waals surface area contributed by atoms with Gasteiger partial charge in [-0.15, -0.1) is 0 Å². The van der Waals surface area contributed by atoms with Crippen LogP contribution in [0.3, 0.4) is 0 Å². The highest BCUT2D eigenvalue weighted by Gasteiger charge is 2.00. The van der Waals surface area contributed by atoms with Gasteiger partial charge in [0, 0.05) is 22.7 Å². The monoisotopic (exact) mass is 231 g/mol. The normalized spacial score (nSPS) is 10.9. The largest absolute Gasteiger partial charge is 0.497 e. The number of methoxy groups -OCH3 is 2. The first-order valence-electron chi connectivity index (χ1n) is 5.15. The van der Waals surface area contributed by atoms with Crippen molar-refractivity contribution < 1.29 is 14.3 Å². The van der Waals surface area contributed by atoms with E-state index in [1.165, 1.54) is 13.2 Å². The van der Waals surface area contributed by atoms with Gasteiger partial charge in [-0.1, -0.05) is 0 Å². The minimum Gasteiger partial charge on any atom is -0.497 e. The van der Waals surface area contributed by atoms with Gasteiger partial charge in [0.05, 0.1) is 14.2 Å². The van der Waals surface area contributed by atoms with Gasteiger partial charge in [-0.2, -0.15) is 0 Å². The van der Waals surface area contributed by atoms with Crippen molar-refractivity contribution in [3.05, 3.63) is 36.0 Å². The van der Waals surface area contributed by atoms with Gasteiger partial charge in [0.2, 0.25) is 0 Å². The van der Waals surface area contributed by atoms with E-state index in [0.29, 0.717) is 0 Å². The van der Waals surface area contributed by atoms with Gasteiger partial charge in [0.15, 0.2) is 0 Å². The molecule has 0 bridgehead atoms. The zero-order valence-electron chi connectivity index (χ0n) is 9.69. The Labute approximate surface area is 98.8 Å². The second-order valence-corrected chi connectivity index (χ2v) is 3.53. The lowest BCUT2D eigenvalue weighted by Gasteiger charge is -1.97. The van der Waals surface area contributed by atoms with Crippen LogP contribution in [-0.4, -0.2) is 25.2 Å². The maximum atomic E-state index is 11.0. The molecule has 2 aromatic rings. The fourth-order valence-electron chi connectivity index (χ4n) is 1.58. The van der Waals surface area contributed by atoms with Crippen molar-refractivity contribution in [1.29, 1.82) is 0 Å². The molecule has 0 fully saturated rings. The van der Waals surface area contributed by atoms with Crippen LogP contribution in [0.1, 0.15) is 5.69 Å². The zero-order chi connectivity index (χ0) is 12.3. The van der Waals surface area contributed by atoms with E-state index in [1.54, 1.807) is 13.2 Å². The van der Waals surface area contributed by atoms with Crippen LogP contribution in [0.25, 0.3) is 17.0 Å². The standard InChI is InChI=1S/C13H13NO3/c1-16-11-4-5-12-9(8-11)7-10(14-12)3-6-13(15)17-2/h3-8,14H,1-2H3. The van der Waals surface area contributed by atoms with Crippen LogP contribution >= 0.6 is 0 Å². The Morgan fingerprint density at radius 3 is 2.82 bits per heavy atom. The molecule has 0 atom stereocenters. The van der Waals surface area contributed by atoms with Crippen molar-refractivity contribution in [2.24, 2.45) is 0 Å². The molecule has 0 aliphatic heterocycles. The van der Waals surface area contributed by atoms with Gasteiger partial charge in [0.1, 0.15) is 5.75 Å². The average molecular weight is 231 g/mol. The molecular weight excluding hydrogens is 218 g/mol. The van der Waals surface area contributed by atoms with E-state index in [2.05, 4.69) is 9.72 Å². The number of carbonyl (C=O) groups excluding carboxylic acids is 1. The van der Waals surface area contributed by atoms with Crippen LogP contribution in [0, 0.1) is 0 Å². The van der Waals surface area contributed by atoms with E-state index in [1.807, 2.05) is 24.3 Å². The van der Waals surface area contributed by atoms with E-state index in [0.717, 1.165) is 22.3 Å². The molecule has 88 valence electrons. The quantitative estimate of drug-likeness (QED) is 0.651. The van der Waals surface area contributed by atoms with Gasteiger partial charge in [-0.3, -0.25) is 0 Å². The smallest absolute Gasteiger partial charge is 0.330 e. The van der Waals surface area contributed by atoms with Crippen LogP contribution in [0.5, 0.6) is 5.75 Å². The number of esters is 1. The molecule has 4 heteroatoms. The van der Waals surface area contributed by atoms with Crippen molar-refractivity contribution in [2.75, 3.05) is 14.2 Å². The van der Waals surface area contributed by atoms with Crippen LogP contribution in [-0.2, 0) is 9.53 Å². The van der Waals surface area contributed by atoms with Gasteiger partial charge in [-0.25, -0.2) is 4.79 Å². The number of nitrogens with one attached hydrogen (secondary N) is 1. The molecule has 0 aliphatic rings. The van der Waals surface area contributed by atoms with Crippen molar-refractivity contribution >= 4 is 22.9 Å². The van der Waals surface area contributed by atoms with Crippen molar-refractivity contribution in [3.8, 4) is 5.75 Å². The molecule has 1 aromatic heterocycles. The molecule has 1 N–H and O–H groups in total. The minimum absolute atomic E-state index is 0.374. The van der Waals surface area contributed by atoms with Crippen molar-refractivity contribution in [2.45, 2.75) is 0 Å². The predicted octanol–water partition coefficient (Wildman–Crippen LogP) is 2.36. The van der Waals surface area contributed by atoms with Crippen LogP contribution in [0.15, 0.2) is 30.3 Å². The Hall–Kier alpha value is -2.23. The number of fused-ring (bicyclic) bond motifs is 1. The molecule has 4 nitrogen and oxygen atoms in total. The molecule has 0 amide bonds. The number of H-pyrrole nitrogens is 1. The summed E-state index contributed by atoms with van der Waals surface area (Å²) in [5, 5.41) is 1.04. The second-order valence-electron chi connectivity index (χ2n) is 3.53. The van der Waals surface area contributed by atoms with E-state index in [4.69, 9.17) is 4.74 Å².